The van der Waals surface area contributed by atoms with Gasteiger partial charge in [-0.1, -0.05) is 11.6 Å². The van der Waals surface area contributed by atoms with Crippen LogP contribution in [-0.4, -0.2) is 34.1 Å². The summed E-state index contributed by atoms with van der Waals surface area (Å²) in [6.07, 6.45) is 0. The lowest BCUT2D eigenvalue weighted by atomic mass is 10.4. The molecule has 92 valence electrons. The summed E-state index contributed by atoms with van der Waals surface area (Å²) < 4.78 is 31.5. The van der Waals surface area contributed by atoms with Crippen molar-refractivity contribution >= 4 is 44.6 Å². The lowest BCUT2D eigenvalue weighted by Gasteiger charge is -2.14. The summed E-state index contributed by atoms with van der Waals surface area (Å²) in [6, 6.07) is 2.54. The predicted octanol–water partition coefficient (Wildman–Crippen LogP) is 1.93. The second kappa shape index (κ2) is 6.18. The molecule has 0 aliphatic carbocycles. The van der Waals surface area contributed by atoms with Crippen LogP contribution in [0.25, 0.3) is 0 Å². The fraction of sp³-hybridized carbons (Fsp3) is 0.500. The topological polar surface area (TPSA) is 55.4 Å². The molecule has 0 bridgehead atoms. The zero-order valence-corrected chi connectivity index (χ0v) is 11.6. The van der Waals surface area contributed by atoms with Gasteiger partial charge in [-0.25, -0.2) is 13.1 Å². The molecule has 1 heterocycles. The Morgan fingerprint density at radius 2 is 2.25 bits per heavy atom. The molecule has 8 heteroatoms. The number of thiophene rings is 1. The standard InChI is InChI=1S/C8H11Cl2NO3S2/c1-14-5-6(4-9)11-16(12,13)8-3-2-7(10)15-8/h2-3,6,11H,4-5H2,1H3. The Labute approximate surface area is 109 Å². The first-order valence-corrected chi connectivity index (χ1v) is 7.53. The number of methoxy groups -OCH3 is 1. The van der Waals surface area contributed by atoms with Crippen molar-refractivity contribution in [3.05, 3.63) is 16.5 Å². The van der Waals surface area contributed by atoms with E-state index >= 15 is 0 Å². The van der Waals surface area contributed by atoms with Gasteiger partial charge in [-0.2, -0.15) is 0 Å². The highest BCUT2D eigenvalue weighted by Gasteiger charge is 2.21. The van der Waals surface area contributed by atoms with E-state index in [0.29, 0.717) is 4.34 Å². The van der Waals surface area contributed by atoms with Gasteiger partial charge < -0.3 is 4.74 Å². The van der Waals surface area contributed by atoms with Crippen molar-refractivity contribution < 1.29 is 13.2 Å². The van der Waals surface area contributed by atoms with E-state index in [1.807, 2.05) is 0 Å². The minimum Gasteiger partial charge on any atom is -0.383 e. The summed E-state index contributed by atoms with van der Waals surface area (Å²) in [5, 5.41) is 0. The van der Waals surface area contributed by atoms with Crippen LogP contribution in [0.2, 0.25) is 4.34 Å². The average molecular weight is 304 g/mol. The number of rotatable bonds is 6. The fourth-order valence-corrected chi connectivity index (χ4v) is 4.01. The highest BCUT2D eigenvalue weighted by Crippen LogP contribution is 2.25. The molecule has 0 aliphatic rings. The number of sulfonamides is 1. The van der Waals surface area contributed by atoms with Crippen LogP contribution < -0.4 is 4.72 Å². The summed E-state index contributed by atoms with van der Waals surface area (Å²) in [4.78, 5) is 0. The third-order valence-corrected chi connectivity index (χ3v) is 5.31. The molecule has 0 amide bonds. The predicted molar refractivity (Wildman–Crippen MR) is 66.0 cm³/mol. The van der Waals surface area contributed by atoms with Crippen LogP contribution in [-0.2, 0) is 14.8 Å². The zero-order chi connectivity index (χ0) is 12.2. The summed E-state index contributed by atoms with van der Waals surface area (Å²) in [7, 11) is -2.07. The quantitative estimate of drug-likeness (QED) is 0.817. The molecule has 0 aliphatic heterocycles. The molecule has 1 atom stereocenters. The summed E-state index contributed by atoms with van der Waals surface area (Å²) in [6.45, 7) is 0.224. The number of hydrogen-bond donors (Lipinski definition) is 1. The van der Waals surface area contributed by atoms with Crippen LogP contribution in [0.15, 0.2) is 16.3 Å². The van der Waals surface area contributed by atoms with Gasteiger partial charge in [0.15, 0.2) is 0 Å². The summed E-state index contributed by atoms with van der Waals surface area (Å²) >= 11 is 12.3. The summed E-state index contributed by atoms with van der Waals surface area (Å²) in [5.74, 6) is 0.145. The van der Waals surface area contributed by atoms with Crippen LogP contribution in [0.1, 0.15) is 0 Å². The van der Waals surface area contributed by atoms with E-state index in [-0.39, 0.29) is 16.7 Å². The van der Waals surface area contributed by atoms with Gasteiger partial charge in [0.05, 0.1) is 17.0 Å². The van der Waals surface area contributed by atoms with Gasteiger partial charge in [0.1, 0.15) is 4.21 Å². The smallest absolute Gasteiger partial charge is 0.250 e. The van der Waals surface area contributed by atoms with Gasteiger partial charge in [0, 0.05) is 13.0 Å². The molecule has 4 nitrogen and oxygen atoms in total. The molecular weight excluding hydrogens is 293 g/mol. The van der Waals surface area contributed by atoms with E-state index in [0.717, 1.165) is 11.3 Å². The number of nitrogens with one attached hydrogen (secondary N) is 1. The Balaban J connectivity index is 2.78. The summed E-state index contributed by atoms with van der Waals surface area (Å²) in [5.41, 5.74) is 0. The van der Waals surface area contributed by atoms with E-state index in [1.54, 1.807) is 0 Å². The maximum atomic E-state index is 11.8. The fourth-order valence-electron chi connectivity index (χ4n) is 1.03. The Hall–Kier alpha value is 0.150. The second-order valence-electron chi connectivity index (χ2n) is 2.99. The minimum absolute atomic E-state index is 0.145. The van der Waals surface area contributed by atoms with Gasteiger partial charge in [-0.15, -0.1) is 22.9 Å². The molecule has 1 unspecified atom stereocenters. The largest absolute Gasteiger partial charge is 0.383 e. The number of halogens is 2. The van der Waals surface area contributed by atoms with Gasteiger partial charge in [0.2, 0.25) is 10.0 Å². The van der Waals surface area contributed by atoms with Gasteiger partial charge in [-0.3, -0.25) is 0 Å². The van der Waals surface area contributed by atoms with Crippen molar-refractivity contribution in [2.45, 2.75) is 10.3 Å². The molecule has 1 N–H and O–H groups in total. The van der Waals surface area contributed by atoms with Crippen molar-refractivity contribution in [1.82, 2.24) is 4.72 Å². The first kappa shape index (κ1) is 14.2. The van der Waals surface area contributed by atoms with E-state index < -0.39 is 16.1 Å². The molecular formula is C8H11Cl2NO3S2. The third kappa shape index (κ3) is 3.87. The van der Waals surface area contributed by atoms with Crippen molar-refractivity contribution in [1.29, 1.82) is 0 Å². The molecule has 0 radical (unpaired) electrons. The van der Waals surface area contributed by atoms with Crippen LogP contribution >= 0.6 is 34.5 Å². The highest BCUT2D eigenvalue weighted by molar-refractivity contribution is 7.91. The number of alkyl halides is 1. The van der Waals surface area contributed by atoms with E-state index in [1.165, 1.54) is 19.2 Å². The number of hydrogen-bond acceptors (Lipinski definition) is 4. The molecule has 1 aromatic rings. The van der Waals surface area contributed by atoms with Crippen molar-refractivity contribution in [3.8, 4) is 0 Å². The number of ether oxygens (including phenoxy) is 1. The lowest BCUT2D eigenvalue weighted by molar-refractivity contribution is 0.181. The Morgan fingerprint density at radius 1 is 1.56 bits per heavy atom. The van der Waals surface area contributed by atoms with Gasteiger partial charge >= 0.3 is 0 Å². The second-order valence-corrected chi connectivity index (χ2v) is 6.95. The Morgan fingerprint density at radius 3 is 2.69 bits per heavy atom. The van der Waals surface area contributed by atoms with Crippen LogP contribution in [0.3, 0.4) is 0 Å². The maximum absolute atomic E-state index is 11.8. The first-order chi connectivity index (χ1) is 7.49. The van der Waals surface area contributed by atoms with Crippen molar-refractivity contribution in [3.63, 3.8) is 0 Å². The molecule has 0 fully saturated rings. The van der Waals surface area contributed by atoms with E-state index in [4.69, 9.17) is 27.9 Å². The van der Waals surface area contributed by atoms with Gasteiger partial charge in [0.25, 0.3) is 0 Å². The molecule has 1 rings (SSSR count). The molecule has 1 aromatic heterocycles. The molecule has 0 spiro atoms. The first-order valence-electron chi connectivity index (χ1n) is 4.32. The molecule has 0 aromatic carbocycles. The van der Waals surface area contributed by atoms with Crippen LogP contribution in [0.4, 0.5) is 0 Å². The highest BCUT2D eigenvalue weighted by atomic mass is 35.5. The van der Waals surface area contributed by atoms with Crippen molar-refractivity contribution in [2.75, 3.05) is 19.6 Å². The molecule has 16 heavy (non-hydrogen) atoms. The minimum atomic E-state index is -3.55. The molecule has 0 saturated carbocycles. The van der Waals surface area contributed by atoms with E-state index in [9.17, 15) is 8.42 Å². The normalized spacial score (nSPS) is 13.9. The Kier molecular flexibility index (Phi) is 5.49. The molecule has 0 saturated heterocycles. The van der Waals surface area contributed by atoms with Crippen LogP contribution in [0, 0.1) is 0 Å². The maximum Gasteiger partial charge on any atom is 0.250 e. The van der Waals surface area contributed by atoms with Gasteiger partial charge in [-0.05, 0) is 12.1 Å². The third-order valence-electron chi connectivity index (χ3n) is 1.69. The SMILES string of the molecule is COCC(CCl)NS(=O)(=O)c1ccc(Cl)s1. The van der Waals surface area contributed by atoms with Crippen molar-refractivity contribution in [2.24, 2.45) is 0 Å². The Bertz CT molecular complexity index is 432. The van der Waals surface area contributed by atoms with Crippen LogP contribution in [0.5, 0.6) is 0 Å². The monoisotopic (exact) mass is 303 g/mol. The zero-order valence-electron chi connectivity index (χ0n) is 8.44. The van der Waals surface area contributed by atoms with E-state index in [2.05, 4.69) is 4.72 Å². The average Bonchev–Trinajstić information content (AvgIpc) is 2.64. The lowest BCUT2D eigenvalue weighted by Crippen LogP contribution is -2.38.